The zero-order valence-electron chi connectivity index (χ0n) is 16.1. The first-order valence-electron chi connectivity index (χ1n) is 9.81. The molecule has 2 unspecified atom stereocenters. The molecule has 0 aliphatic carbocycles. The Labute approximate surface area is 161 Å². The van der Waals surface area contributed by atoms with Crippen LogP contribution in [0.3, 0.4) is 0 Å². The number of rotatable bonds is 4. The molecule has 4 heteroatoms. The molecule has 2 aromatic carbocycles. The molecular formula is C23H28NO3+. The van der Waals surface area contributed by atoms with Crippen LogP contribution in [-0.2, 0) is 15.1 Å². The lowest BCUT2D eigenvalue weighted by Crippen LogP contribution is -2.64. The molecule has 27 heavy (non-hydrogen) atoms. The van der Waals surface area contributed by atoms with Gasteiger partial charge in [0.2, 0.25) is 11.3 Å². The fraction of sp³-hybridized carbons (Fsp3) is 0.435. The number of aliphatic hydroxyl groups is 1. The first-order chi connectivity index (χ1) is 12.9. The fourth-order valence-electron chi connectivity index (χ4n) is 5.06. The third kappa shape index (κ3) is 2.70. The Morgan fingerprint density at radius 3 is 2.11 bits per heavy atom. The second-order valence-corrected chi connectivity index (χ2v) is 8.40. The summed E-state index contributed by atoms with van der Waals surface area (Å²) < 4.78 is 6.94. The molecule has 4 rings (SSSR count). The van der Waals surface area contributed by atoms with Gasteiger partial charge in [0, 0.05) is 19.3 Å². The maximum absolute atomic E-state index is 13.5. The normalized spacial score (nSPS) is 26.6. The van der Waals surface area contributed by atoms with Crippen molar-refractivity contribution < 1.29 is 19.1 Å². The molecule has 2 aliphatic heterocycles. The minimum Gasteiger partial charge on any atom is -0.407 e. The summed E-state index contributed by atoms with van der Waals surface area (Å²) in [6.07, 6.45) is 5.01. The van der Waals surface area contributed by atoms with Gasteiger partial charge < -0.3 is 9.84 Å². The van der Waals surface area contributed by atoms with Gasteiger partial charge >= 0.3 is 5.97 Å². The van der Waals surface area contributed by atoms with Crippen molar-refractivity contribution in [3.63, 3.8) is 0 Å². The number of fused-ring (bicyclic) bond motifs is 2. The average molecular weight is 366 g/mol. The van der Waals surface area contributed by atoms with Crippen LogP contribution >= 0.6 is 0 Å². The second kappa shape index (κ2) is 6.47. The minimum atomic E-state index is -1.81. The Kier molecular flexibility index (Phi) is 4.36. The summed E-state index contributed by atoms with van der Waals surface area (Å²) in [5.74, 6) is -0.575. The molecule has 0 aromatic heterocycles. The van der Waals surface area contributed by atoms with Gasteiger partial charge in [-0.15, -0.1) is 0 Å². The fourth-order valence-corrected chi connectivity index (χ4v) is 5.06. The molecule has 1 N–H and O–H groups in total. The number of nitrogens with zero attached hydrogens (tertiary/aromatic N) is 1. The predicted molar refractivity (Wildman–Crippen MR) is 104 cm³/mol. The van der Waals surface area contributed by atoms with Crippen molar-refractivity contribution in [1.29, 1.82) is 0 Å². The van der Waals surface area contributed by atoms with Crippen molar-refractivity contribution in [2.75, 3.05) is 14.1 Å². The highest BCUT2D eigenvalue weighted by atomic mass is 16.6. The summed E-state index contributed by atoms with van der Waals surface area (Å²) in [6, 6.07) is 18.7. The van der Waals surface area contributed by atoms with Crippen LogP contribution in [-0.4, -0.2) is 41.4 Å². The molecule has 0 saturated carbocycles. The SMILES string of the molecule is C[N+]1(C)C2CCCC1(OC(=O)C(O)(c1ccccc1)c1ccccc1)CC2. The molecule has 2 fully saturated rings. The zero-order valence-corrected chi connectivity index (χ0v) is 16.1. The maximum atomic E-state index is 13.5. The lowest BCUT2D eigenvalue weighted by molar-refractivity contribution is -0.977. The molecule has 2 bridgehead atoms. The monoisotopic (exact) mass is 366 g/mol. The van der Waals surface area contributed by atoms with Crippen molar-refractivity contribution in [3.8, 4) is 0 Å². The van der Waals surface area contributed by atoms with Crippen LogP contribution in [0.25, 0.3) is 0 Å². The van der Waals surface area contributed by atoms with Gasteiger partial charge in [0.25, 0.3) is 0 Å². The maximum Gasteiger partial charge on any atom is 0.352 e. The van der Waals surface area contributed by atoms with Crippen molar-refractivity contribution in [2.24, 2.45) is 0 Å². The van der Waals surface area contributed by atoms with E-state index in [9.17, 15) is 9.90 Å². The Balaban J connectivity index is 1.75. The summed E-state index contributed by atoms with van der Waals surface area (Å²) in [5.41, 5.74) is -1.29. The molecule has 142 valence electrons. The number of esters is 1. The van der Waals surface area contributed by atoms with Gasteiger partial charge in [0.15, 0.2) is 0 Å². The molecule has 4 nitrogen and oxygen atoms in total. The van der Waals surface area contributed by atoms with Gasteiger partial charge in [-0.05, 0) is 24.0 Å². The van der Waals surface area contributed by atoms with Gasteiger partial charge in [-0.2, -0.15) is 0 Å². The number of ether oxygens (including phenoxy) is 1. The molecule has 0 amide bonds. The number of hydrogen-bond donors (Lipinski definition) is 1. The number of carbonyl (C=O) groups excluding carboxylic acids is 1. The van der Waals surface area contributed by atoms with E-state index < -0.39 is 17.3 Å². The zero-order chi connectivity index (χ0) is 19.1. The van der Waals surface area contributed by atoms with E-state index in [2.05, 4.69) is 14.1 Å². The quantitative estimate of drug-likeness (QED) is 0.664. The summed E-state index contributed by atoms with van der Waals surface area (Å²) in [6.45, 7) is 0. The number of hydrogen-bond acceptors (Lipinski definition) is 3. The standard InChI is InChI=1S/C23H28NO3/c1-24(2)20-14-9-16-22(24,17-15-20)27-21(25)23(26,18-10-5-3-6-11-18)19-12-7-4-8-13-19/h3-8,10-13,20,26H,9,14-17H2,1-2H3/q+1. The summed E-state index contributed by atoms with van der Waals surface area (Å²) >= 11 is 0. The van der Waals surface area contributed by atoms with Crippen LogP contribution in [0.15, 0.2) is 60.7 Å². The summed E-state index contributed by atoms with van der Waals surface area (Å²) in [5, 5.41) is 11.7. The van der Waals surface area contributed by atoms with Crippen LogP contribution in [0.5, 0.6) is 0 Å². The average Bonchev–Trinajstić information content (AvgIpc) is 2.84. The van der Waals surface area contributed by atoms with E-state index in [1.54, 1.807) is 24.3 Å². The highest BCUT2D eigenvalue weighted by molar-refractivity contribution is 5.85. The Bertz CT molecular complexity index is 775. The molecule has 0 radical (unpaired) electrons. The highest BCUT2D eigenvalue weighted by Crippen LogP contribution is 2.49. The number of benzene rings is 2. The lowest BCUT2D eigenvalue weighted by Gasteiger charge is -2.49. The van der Waals surface area contributed by atoms with Crippen molar-refractivity contribution >= 4 is 5.97 Å². The minimum absolute atomic E-state index is 0.521. The predicted octanol–water partition coefficient (Wildman–Crippen LogP) is 3.58. The molecule has 2 aromatic rings. The van der Waals surface area contributed by atoms with Crippen LogP contribution < -0.4 is 0 Å². The van der Waals surface area contributed by atoms with Gasteiger partial charge in [-0.1, -0.05) is 60.7 Å². The molecule has 2 atom stereocenters. The largest absolute Gasteiger partial charge is 0.407 e. The number of piperidine rings is 1. The number of carbonyl (C=O) groups is 1. The van der Waals surface area contributed by atoms with E-state index in [-0.39, 0.29) is 0 Å². The van der Waals surface area contributed by atoms with Gasteiger partial charge in [-0.25, -0.2) is 4.79 Å². The van der Waals surface area contributed by atoms with Crippen molar-refractivity contribution in [1.82, 2.24) is 0 Å². The number of quaternary nitrogens is 1. The summed E-state index contributed by atoms with van der Waals surface area (Å²) in [7, 11) is 4.32. The van der Waals surface area contributed by atoms with Crippen LogP contribution in [0.4, 0.5) is 0 Å². The molecule has 2 aliphatic rings. The Morgan fingerprint density at radius 2 is 1.56 bits per heavy atom. The van der Waals surface area contributed by atoms with E-state index in [0.29, 0.717) is 21.7 Å². The van der Waals surface area contributed by atoms with E-state index in [1.807, 2.05) is 36.4 Å². The first kappa shape index (κ1) is 18.2. The van der Waals surface area contributed by atoms with Gasteiger partial charge in [0.05, 0.1) is 20.1 Å². The highest BCUT2D eigenvalue weighted by Gasteiger charge is 2.61. The van der Waals surface area contributed by atoms with Crippen LogP contribution in [0.1, 0.15) is 43.2 Å². The Hall–Kier alpha value is -2.17. The van der Waals surface area contributed by atoms with Gasteiger partial charge in [0.1, 0.15) is 0 Å². The third-order valence-electron chi connectivity index (χ3n) is 6.90. The smallest absolute Gasteiger partial charge is 0.352 e. The first-order valence-corrected chi connectivity index (χ1v) is 9.81. The van der Waals surface area contributed by atoms with E-state index in [1.165, 1.54) is 6.42 Å². The third-order valence-corrected chi connectivity index (χ3v) is 6.90. The molecule has 2 saturated heterocycles. The molecular weight excluding hydrogens is 338 g/mol. The van der Waals surface area contributed by atoms with Crippen LogP contribution in [0, 0.1) is 0 Å². The van der Waals surface area contributed by atoms with Gasteiger partial charge in [-0.3, -0.25) is 4.48 Å². The lowest BCUT2D eigenvalue weighted by atomic mass is 9.86. The molecule has 2 heterocycles. The van der Waals surface area contributed by atoms with Crippen molar-refractivity contribution in [3.05, 3.63) is 71.8 Å². The molecule has 0 spiro atoms. The summed E-state index contributed by atoms with van der Waals surface area (Å²) in [4.78, 5) is 13.5. The Morgan fingerprint density at radius 1 is 1.00 bits per heavy atom. The van der Waals surface area contributed by atoms with E-state index >= 15 is 0 Å². The van der Waals surface area contributed by atoms with E-state index in [4.69, 9.17) is 4.74 Å². The second-order valence-electron chi connectivity index (χ2n) is 8.40. The van der Waals surface area contributed by atoms with E-state index in [0.717, 1.165) is 25.7 Å². The topological polar surface area (TPSA) is 46.5 Å². The van der Waals surface area contributed by atoms with Crippen molar-refractivity contribution in [2.45, 2.75) is 49.5 Å². The van der Waals surface area contributed by atoms with Crippen LogP contribution in [0.2, 0.25) is 0 Å².